The third kappa shape index (κ3) is 4.77. The average molecular weight is 471 g/mol. The van der Waals surface area contributed by atoms with E-state index < -0.39 is 0 Å². The number of rotatable bonds is 8. The summed E-state index contributed by atoms with van der Waals surface area (Å²) in [6.45, 7) is 2.78. The number of nitrogens with zero attached hydrogens (tertiary/aromatic N) is 3. The monoisotopic (exact) mass is 470 g/mol. The Morgan fingerprint density at radius 1 is 1.00 bits per heavy atom. The summed E-state index contributed by atoms with van der Waals surface area (Å²) in [6.07, 6.45) is 3.53. The fraction of sp³-hybridized carbons (Fsp3) is 0.115. The molecule has 0 spiro atoms. The highest BCUT2D eigenvalue weighted by Crippen LogP contribution is 2.30. The molecular weight excluding hydrogens is 448 g/mol. The SMILES string of the molecule is CCOc1cc(C(=O)Nc2cccc(-c3nn4ccnc4s3)c2)ccc1OCc1ccccc1. The Morgan fingerprint density at radius 3 is 2.71 bits per heavy atom. The second-order valence-electron chi connectivity index (χ2n) is 7.47. The van der Waals surface area contributed by atoms with E-state index in [0.29, 0.717) is 36.0 Å². The normalized spacial score (nSPS) is 10.9. The molecule has 1 N–H and O–H groups in total. The first-order chi connectivity index (χ1) is 16.7. The number of carbonyl (C=O) groups excluding carboxylic acids is 1. The zero-order chi connectivity index (χ0) is 23.3. The predicted octanol–water partition coefficient (Wildman–Crippen LogP) is 5.69. The molecule has 2 heterocycles. The smallest absolute Gasteiger partial charge is 0.255 e. The van der Waals surface area contributed by atoms with Crippen LogP contribution in [0.3, 0.4) is 0 Å². The minimum atomic E-state index is -0.235. The van der Waals surface area contributed by atoms with Crippen LogP contribution in [0, 0.1) is 0 Å². The highest BCUT2D eigenvalue weighted by Gasteiger charge is 2.14. The van der Waals surface area contributed by atoms with Gasteiger partial charge in [-0.25, -0.2) is 9.50 Å². The molecule has 0 aliphatic rings. The molecule has 0 aliphatic heterocycles. The molecule has 0 atom stereocenters. The van der Waals surface area contributed by atoms with E-state index in [-0.39, 0.29) is 5.91 Å². The molecule has 0 fully saturated rings. The second-order valence-corrected chi connectivity index (χ2v) is 8.42. The van der Waals surface area contributed by atoms with Crippen molar-refractivity contribution in [2.24, 2.45) is 0 Å². The highest BCUT2D eigenvalue weighted by molar-refractivity contribution is 7.19. The number of ether oxygens (including phenoxy) is 2. The van der Waals surface area contributed by atoms with Crippen molar-refractivity contribution in [3.63, 3.8) is 0 Å². The molecule has 7 nitrogen and oxygen atoms in total. The summed E-state index contributed by atoms with van der Waals surface area (Å²) in [6, 6.07) is 22.7. The summed E-state index contributed by atoms with van der Waals surface area (Å²) in [7, 11) is 0. The Morgan fingerprint density at radius 2 is 1.88 bits per heavy atom. The number of fused-ring (bicyclic) bond motifs is 1. The maximum Gasteiger partial charge on any atom is 0.255 e. The van der Waals surface area contributed by atoms with Crippen molar-refractivity contribution in [2.45, 2.75) is 13.5 Å². The van der Waals surface area contributed by atoms with Crippen LogP contribution in [0.1, 0.15) is 22.8 Å². The van der Waals surface area contributed by atoms with Gasteiger partial charge < -0.3 is 14.8 Å². The molecule has 0 saturated carbocycles. The summed E-state index contributed by atoms with van der Waals surface area (Å²) in [5, 5.41) is 8.32. The predicted molar refractivity (Wildman–Crippen MR) is 133 cm³/mol. The molecule has 5 rings (SSSR count). The van der Waals surface area contributed by atoms with Crippen LogP contribution in [0.2, 0.25) is 0 Å². The fourth-order valence-electron chi connectivity index (χ4n) is 3.46. The van der Waals surface area contributed by atoms with Crippen LogP contribution in [0.15, 0.2) is 85.2 Å². The van der Waals surface area contributed by atoms with Gasteiger partial charge in [0.15, 0.2) is 11.5 Å². The molecule has 1 amide bonds. The number of hydrogen-bond donors (Lipinski definition) is 1. The number of nitrogens with one attached hydrogen (secondary N) is 1. The molecule has 34 heavy (non-hydrogen) atoms. The molecule has 0 unspecified atom stereocenters. The lowest BCUT2D eigenvalue weighted by molar-refractivity contribution is 0.102. The lowest BCUT2D eigenvalue weighted by Gasteiger charge is -2.14. The van der Waals surface area contributed by atoms with E-state index in [0.717, 1.165) is 21.1 Å². The van der Waals surface area contributed by atoms with Gasteiger partial charge in [0.2, 0.25) is 4.96 Å². The number of carbonyl (C=O) groups is 1. The van der Waals surface area contributed by atoms with E-state index in [1.54, 1.807) is 28.9 Å². The van der Waals surface area contributed by atoms with Crippen LogP contribution >= 0.6 is 11.3 Å². The Bertz CT molecular complexity index is 1400. The summed E-state index contributed by atoms with van der Waals surface area (Å²) < 4.78 is 13.4. The number of hydrogen-bond acceptors (Lipinski definition) is 6. The average Bonchev–Trinajstić information content (AvgIpc) is 3.47. The Labute approximate surface area is 200 Å². The highest BCUT2D eigenvalue weighted by atomic mass is 32.1. The third-order valence-electron chi connectivity index (χ3n) is 5.09. The van der Waals surface area contributed by atoms with Gasteiger partial charge in [0, 0.05) is 23.0 Å². The summed E-state index contributed by atoms with van der Waals surface area (Å²) in [5.74, 6) is 0.894. The van der Waals surface area contributed by atoms with Gasteiger partial charge in [0.25, 0.3) is 5.91 Å². The van der Waals surface area contributed by atoms with Crippen molar-refractivity contribution in [2.75, 3.05) is 11.9 Å². The number of anilines is 1. The van der Waals surface area contributed by atoms with Crippen LogP contribution in [0.5, 0.6) is 11.5 Å². The maximum atomic E-state index is 13.0. The zero-order valence-corrected chi connectivity index (χ0v) is 19.3. The van der Waals surface area contributed by atoms with Crippen molar-refractivity contribution >= 4 is 27.9 Å². The zero-order valence-electron chi connectivity index (χ0n) is 18.5. The van der Waals surface area contributed by atoms with Crippen molar-refractivity contribution in [1.29, 1.82) is 0 Å². The van der Waals surface area contributed by atoms with E-state index in [1.165, 1.54) is 11.3 Å². The largest absolute Gasteiger partial charge is 0.490 e. The van der Waals surface area contributed by atoms with E-state index in [2.05, 4.69) is 15.4 Å². The van der Waals surface area contributed by atoms with Gasteiger partial charge in [-0.2, -0.15) is 5.10 Å². The van der Waals surface area contributed by atoms with E-state index >= 15 is 0 Å². The van der Waals surface area contributed by atoms with Crippen LogP contribution < -0.4 is 14.8 Å². The van der Waals surface area contributed by atoms with Gasteiger partial charge in [-0.15, -0.1) is 0 Å². The van der Waals surface area contributed by atoms with E-state index in [9.17, 15) is 4.79 Å². The number of benzene rings is 3. The minimum Gasteiger partial charge on any atom is -0.490 e. The fourth-order valence-corrected chi connectivity index (χ4v) is 4.31. The Balaban J connectivity index is 1.32. The van der Waals surface area contributed by atoms with Crippen LogP contribution in [0.4, 0.5) is 5.69 Å². The summed E-state index contributed by atoms with van der Waals surface area (Å²) in [4.78, 5) is 18.1. The summed E-state index contributed by atoms with van der Waals surface area (Å²) >= 11 is 1.49. The quantitative estimate of drug-likeness (QED) is 0.315. The topological polar surface area (TPSA) is 77.8 Å². The molecule has 0 aliphatic carbocycles. The molecule has 8 heteroatoms. The lowest BCUT2D eigenvalue weighted by Crippen LogP contribution is -2.12. The second kappa shape index (κ2) is 9.76. The molecule has 2 aromatic heterocycles. The van der Waals surface area contributed by atoms with E-state index in [1.807, 2.05) is 67.7 Å². The first-order valence-corrected chi connectivity index (χ1v) is 11.7. The third-order valence-corrected chi connectivity index (χ3v) is 6.07. The van der Waals surface area contributed by atoms with Gasteiger partial charge in [-0.05, 0) is 42.8 Å². The number of amides is 1. The van der Waals surface area contributed by atoms with Crippen molar-refractivity contribution in [3.05, 3.63) is 96.3 Å². The molecular formula is C26H22N4O3S. The van der Waals surface area contributed by atoms with Gasteiger partial charge in [-0.3, -0.25) is 4.79 Å². The van der Waals surface area contributed by atoms with Crippen LogP contribution in [-0.4, -0.2) is 27.1 Å². The van der Waals surface area contributed by atoms with Gasteiger partial charge in [0.05, 0.1) is 12.8 Å². The van der Waals surface area contributed by atoms with Gasteiger partial charge in [0.1, 0.15) is 11.6 Å². The van der Waals surface area contributed by atoms with Crippen LogP contribution in [-0.2, 0) is 6.61 Å². The van der Waals surface area contributed by atoms with Crippen molar-refractivity contribution < 1.29 is 14.3 Å². The molecule has 5 aromatic rings. The van der Waals surface area contributed by atoms with Crippen molar-refractivity contribution in [3.8, 4) is 22.1 Å². The Hall–Kier alpha value is -4.17. The number of aromatic nitrogens is 3. The van der Waals surface area contributed by atoms with Gasteiger partial charge >= 0.3 is 0 Å². The number of imidazole rings is 1. The van der Waals surface area contributed by atoms with E-state index in [4.69, 9.17) is 9.47 Å². The molecule has 3 aromatic carbocycles. The molecule has 170 valence electrons. The lowest BCUT2D eigenvalue weighted by atomic mass is 10.1. The Kier molecular flexibility index (Phi) is 6.22. The first-order valence-electron chi connectivity index (χ1n) is 10.8. The standard InChI is InChI=1S/C26H22N4O3S/c1-2-32-23-16-19(11-12-22(23)33-17-18-7-4-3-5-8-18)24(31)28-21-10-6-9-20(15-21)25-29-30-14-13-27-26(30)34-25/h3-16H,2,17H2,1H3,(H,28,31). The molecule has 0 bridgehead atoms. The minimum absolute atomic E-state index is 0.235. The van der Waals surface area contributed by atoms with Gasteiger partial charge in [-0.1, -0.05) is 53.8 Å². The first kappa shape index (κ1) is 21.7. The molecule has 0 radical (unpaired) electrons. The van der Waals surface area contributed by atoms with Crippen molar-refractivity contribution in [1.82, 2.24) is 14.6 Å². The maximum absolute atomic E-state index is 13.0. The summed E-state index contributed by atoms with van der Waals surface area (Å²) in [5.41, 5.74) is 3.12. The van der Waals surface area contributed by atoms with Crippen LogP contribution in [0.25, 0.3) is 15.5 Å². The molecule has 0 saturated heterocycles.